The molecule has 0 spiro atoms. The van der Waals surface area contributed by atoms with Gasteiger partial charge in [-0.3, -0.25) is 0 Å². The molecule has 0 radical (unpaired) electrons. The maximum atomic E-state index is 14.1. The summed E-state index contributed by atoms with van der Waals surface area (Å²) >= 11 is 0. The average Bonchev–Trinajstić information content (AvgIpc) is 2.25. The molecule has 0 N–H and O–H groups in total. The average molecular weight is 267 g/mol. The van der Waals surface area contributed by atoms with Gasteiger partial charge in [0.1, 0.15) is 5.60 Å². The fraction of sp³-hybridized carbons (Fsp3) is 0.615. The lowest BCUT2D eigenvalue weighted by atomic mass is 9.94. The van der Waals surface area contributed by atoms with Crippen molar-refractivity contribution < 1.29 is 13.9 Å². The summed E-state index contributed by atoms with van der Waals surface area (Å²) in [6.45, 7) is 6.09. The molecular formula is C13H18FN3O2. The Morgan fingerprint density at radius 2 is 2.00 bits per heavy atom. The molecule has 1 amide bonds. The third kappa shape index (κ3) is 3.39. The van der Waals surface area contributed by atoms with Gasteiger partial charge in [-0.15, -0.1) is 0 Å². The number of halogens is 1. The van der Waals surface area contributed by atoms with Gasteiger partial charge in [-0.2, -0.15) is 0 Å². The van der Waals surface area contributed by atoms with Crippen molar-refractivity contribution in [2.45, 2.75) is 32.5 Å². The number of hydrogen-bond donors (Lipinski definition) is 0. The van der Waals surface area contributed by atoms with Crippen LogP contribution in [0.1, 0.15) is 32.8 Å². The molecule has 5 nitrogen and oxygen atoms in total. The zero-order chi connectivity index (χ0) is 14.0. The number of ether oxygens (including phenoxy) is 1. The Hall–Kier alpha value is -1.72. The van der Waals surface area contributed by atoms with Crippen molar-refractivity contribution in [2.24, 2.45) is 5.92 Å². The lowest BCUT2D eigenvalue weighted by molar-refractivity contribution is -0.0165. The standard InChI is InChI=1S/C13H18FN3O2/c1-13(2,3)19-12(18)17-7-9(8-17)10(14)11-15-5-4-6-16-11/h4-6,9-10H,7-8H2,1-3H3. The molecule has 1 atom stereocenters. The molecule has 1 aromatic rings. The highest BCUT2D eigenvalue weighted by atomic mass is 19.1. The molecule has 2 heterocycles. The summed E-state index contributed by atoms with van der Waals surface area (Å²) < 4.78 is 19.3. The predicted molar refractivity (Wildman–Crippen MR) is 67.2 cm³/mol. The van der Waals surface area contributed by atoms with Crippen LogP contribution in [0.5, 0.6) is 0 Å². The molecule has 19 heavy (non-hydrogen) atoms. The van der Waals surface area contributed by atoms with Crippen LogP contribution in [0.2, 0.25) is 0 Å². The Morgan fingerprint density at radius 1 is 1.42 bits per heavy atom. The van der Waals surface area contributed by atoms with E-state index in [1.165, 1.54) is 17.3 Å². The number of hydrogen-bond acceptors (Lipinski definition) is 4. The highest BCUT2D eigenvalue weighted by Gasteiger charge is 2.40. The summed E-state index contributed by atoms with van der Waals surface area (Å²) in [4.78, 5) is 21.0. The SMILES string of the molecule is CC(C)(C)OC(=O)N1CC(C(F)c2ncccn2)C1. The maximum Gasteiger partial charge on any atom is 0.410 e. The Morgan fingerprint density at radius 3 is 2.53 bits per heavy atom. The van der Waals surface area contributed by atoms with Crippen molar-refractivity contribution in [2.75, 3.05) is 13.1 Å². The molecule has 1 aliphatic heterocycles. The molecule has 1 aromatic heterocycles. The minimum Gasteiger partial charge on any atom is -0.444 e. The van der Waals surface area contributed by atoms with Gasteiger partial charge in [-0.1, -0.05) is 0 Å². The molecule has 2 rings (SSSR count). The van der Waals surface area contributed by atoms with E-state index in [-0.39, 0.29) is 11.7 Å². The van der Waals surface area contributed by atoms with Crippen LogP contribution >= 0.6 is 0 Å². The van der Waals surface area contributed by atoms with Crippen molar-refractivity contribution >= 4 is 6.09 Å². The van der Waals surface area contributed by atoms with Gasteiger partial charge >= 0.3 is 6.09 Å². The first-order valence-electron chi connectivity index (χ1n) is 6.26. The van der Waals surface area contributed by atoms with E-state index in [9.17, 15) is 9.18 Å². The Labute approximate surface area is 111 Å². The van der Waals surface area contributed by atoms with Crippen LogP contribution in [0.3, 0.4) is 0 Å². The minimum atomic E-state index is -1.24. The van der Waals surface area contributed by atoms with E-state index in [4.69, 9.17) is 4.74 Å². The van der Waals surface area contributed by atoms with Gasteiger partial charge < -0.3 is 9.64 Å². The van der Waals surface area contributed by atoms with Crippen molar-refractivity contribution in [3.8, 4) is 0 Å². The van der Waals surface area contributed by atoms with Crippen molar-refractivity contribution in [1.29, 1.82) is 0 Å². The molecule has 0 saturated carbocycles. The van der Waals surface area contributed by atoms with Crippen LogP contribution < -0.4 is 0 Å². The number of likely N-dealkylation sites (tertiary alicyclic amines) is 1. The van der Waals surface area contributed by atoms with Gasteiger partial charge in [0.2, 0.25) is 0 Å². The molecule has 0 aromatic carbocycles. The van der Waals surface area contributed by atoms with Crippen LogP contribution in [0, 0.1) is 5.92 Å². The maximum absolute atomic E-state index is 14.1. The number of alkyl halides is 1. The van der Waals surface area contributed by atoms with Crippen LogP contribution in [0.4, 0.5) is 9.18 Å². The fourth-order valence-electron chi connectivity index (χ4n) is 1.84. The summed E-state index contributed by atoms with van der Waals surface area (Å²) in [6.07, 6.45) is 1.39. The molecular weight excluding hydrogens is 249 g/mol. The van der Waals surface area contributed by atoms with E-state index >= 15 is 0 Å². The molecule has 1 fully saturated rings. The van der Waals surface area contributed by atoms with Gasteiger partial charge in [0, 0.05) is 31.4 Å². The minimum absolute atomic E-state index is 0.177. The van der Waals surface area contributed by atoms with E-state index in [1.54, 1.807) is 26.8 Å². The Kier molecular flexibility index (Phi) is 3.68. The van der Waals surface area contributed by atoms with Crippen molar-refractivity contribution in [3.05, 3.63) is 24.3 Å². The summed E-state index contributed by atoms with van der Waals surface area (Å²) in [5, 5.41) is 0. The van der Waals surface area contributed by atoms with Crippen LogP contribution in [-0.4, -0.2) is 39.7 Å². The molecule has 1 aliphatic rings. The number of aromatic nitrogens is 2. The van der Waals surface area contributed by atoms with E-state index in [1.807, 2.05) is 0 Å². The van der Waals surface area contributed by atoms with Crippen molar-refractivity contribution in [3.63, 3.8) is 0 Å². The van der Waals surface area contributed by atoms with Gasteiger partial charge in [0.15, 0.2) is 12.0 Å². The fourth-order valence-corrected chi connectivity index (χ4v) is 1.84. The molecule has 0 bridgehead atoms. The second-order valence-corrected chi connectivity index (χ2v) is 5.65. The van der Waals surface area contributed by atoms with Gasteiger partial charge in [0.05, 0.1) is 0 Å². The topological polar surface area (TPSA) is 55.3 Å². The van der Waals surface area contributed by atoms with E-state index in [0.717, 1.165) is 0 Å². The zero-order valence-electron chi connectivity index (χ0n) is 11.3. The number of rotatable bonds is 2. The lowest BCUT2D eigenvalue weighted by Crippen LogP contribution is -2.53. The largest absolute Gasteiger partial charge is 0.444 e. The summed E-state index contributed by atoms with van der Waals surface area (Å²) in [5.74, 6) is -0.0775. The third-order valence-corrected chi connectivity index (χ3v) is 2.81. The highest BCUT2D eigenvalue weighted by molar-refractivity contribution is 5.69. The monoisotopic (exact) mass is 267 g/mol. The number of carbonyl (C=O) groups excluding carboxylic acids is 1. The molecule has 1 unspecified atom stereocenters. The normalized spacial score (nSPS) is 17.8. The Balaban J connectivity index is 1.85. The van der Waals surface area contributed by atoms with Crippen LogP contribution in [0.15, 0.2) is 18.5 Å². The summed E-state index contributed by atoms with van der Waals surface area (Å²) in [6, 6.07) is 1.64. The number of amides is 1. The van der Waals surface area contributed by atoms with Gasteiger partial charge in [-0.05, 0) is 26.8 Å². The highest BCUT2D eigenvalue weighted by Crippen LogP contribution is 2.31. The van der Waals surface area contributed by atoms with E-state index in [2.05, 4.69) is 9.97 Å². The van der Waals surface area contributed by atoms with Gasteiger partial charge in [-0.25, -0.2) is 19.2 Å². The second kappa shape index (κ2) is 5.11. The van der Waals surface area contributed by atoms with E-state index in [0.29, 0.717) is 13.1 Å². The molecule has 0 aliphatic carbocycles. The summed E-state index contributed by atoms with van der Waals surface area (Å²) in [7, 11) is 0. The first-order chi connectivity index (χ1) is 8.87. The quantitative estimate of drug-likeness (QED) is 0.825. The summed E-state index contributed by atoms with van der Waals surface area (Å²) in [5.41, 5.74) is -0.528. The van der Waals surface area contributed by atoms with Crippen LogP contribution in [0.25, 0.3) is 0 Å². The first kappa shape index (κ1) is 13.7. The van der Waals surface area contributed by atoms with E-state index < -0.39 is 17.9 Å². The molecule has 1 saturated heterocycles. The van der Waals surface area contributed by atoms with Crippen molar-refractivity contribution in [1.82, 2.24) is 14.9 Å². The first-order valence-corrected chi connectivity index (χ1v) is 6.26. The lowest BCUT2D eigenvalue weighted by Gasteiger charge is -2.40. The smallest absolute Gasteiger partial charge is 0.410 e. The van der Waals surface area contributed by atoms with Crippen LogP contribution in [-0.2, 0) is 4.74 Å². The molecule has 104 valence electrons. The second-order valence-electron chi connectivity index (χ2n) is 5.65. The predicted octanol–water partition coefficient (Wildman–Crippen LogP) is 2.35. The number of carbonyl (C=O) groups is 1. The van der Waals surface area contributed by atoms with Gasteiger partial charge in [0.25, 0.3) is 0 Å². The molecule has 6 heteroatoms. The Bertz CT molecular complexity index is 441. The third-order valence-electron chi connectivity index (χ3n) is 2.81. The number of nitrogens with zero attached hydrogens (tertiary/aromatic N) is 3. The zero-order valence-corrected chi connectivity index (χ0v) is 11.3.